The first kappa shape index (κ1) is 15.0. The van der Waals surface area contributed by atoms with E-state index in [-0.39, 0.29) is 0 Å². The molecule has 0 radical (unpaired) electrons. The third-order valence-electron chi connectivity index (χ3n) is 3.04. The predicted molar refractivity (Wildman–Crippen MR) is 85.2 cm³/mol. The first-order chi connectivity index (χ1) is 10.2. The number of nitrogens with zero attached hydrogens (tertiary/aromatic N) is 1. The molecule has 21 heavy (non-hydrogen) atoms. The lowest BCUT2D eigenvalue weighted by molar-refractivity contribution is 0.414. The standard InChI is InChI=1S/C15H17N3O2S/c1-19-11-5-3-4-10(8-11)6-7-18-15-14(20-2)13(17)12(9-16)21-15/h3-5,8,18H,6-7,17H2,1-2H3. The molecule has 0 saturated carbocycles. The second kappa shape index (κ2) is 6.86. The summed E-state index contributed by atoms with van der Waals surface area (Å²) in [5.41, 5.74) is 7.42. The monoisotopic (exact) mass is 303 g/mol. The van der Waals surface area contributed by atoms with Crippen LogP contribution in [-0.2, 0) is 6.42 Å². The van der Waals surface area contributed by atoms with Gasteiger partial charge in [0.25, 0.3) is 0 Å². The summed E-state index contributed by atoms with van der Waals surface area (Å²) in [6.45, 7) is 0.717. The van der Waals surface area contributed by atoms with E-state index in [2.05, 4.69) is 11.4 Å². The topological polar surface area (TPSA) is 80.3 Å². The molecule has 0 unspecified atom stereocenters. The van der Waals surface area contributed by atoms with Gasteiger partial charge in [0.1, 0.15) is 27.4 Å². The Morgan fingerprint density at radius 1 is 1.33 bits per heavy atom. The molecule has 110 valence electrons. The van der Waals surface area contributed by atoms with Crippen LogP contribution in [0.1, 0.15) is 10.4 Å². The van der Waals surface area contributed by atoms with Gasteiger partial charge in [-0.05, 0) is 24.1 Å². The summed E-state index contributed by atoms with van der Waals surface area (Å²) < 4.78 is 10.4. The number of methoxy groups -OCH3 is 2. The van der Waals surface area contributed by atoms with Crippen LogP contribution in [0.2, 0.25) is 0 Å². The Kier molecular flexibility index (Phi) is 4.90. The zero-order valence-electron chi connectivity index (χ0n) is 12.0. The number of nitrogens with one attached hydrogen (secondary N) is 1. The van der Waals surface area contributed by atoms with Crippen molar-refractivity contribution in [2.45, 2.75) is 6.42 Å². The van der Waals surface area contributed by atoms with Gasteiger partial charge in [0.2, 0.25) is 0 Å². The second-order valence-electron chi connectivity index (χ2n) is 4.35. The maximum Gasteiger partial charge on any atom is 0.177 e. The minimum atomic E-state index is 0.397. The molecule has 0 aliphatic heterocycles. The zero-order valence-corrected chi connectivity index (χ0v) is 12.8. The fraction of sp³-hybridized carbons (Fsp3) is 0.267. The van der Waals surface area contributed by atoms with E-state index in [9.17, 15) is 0 Å². The molecule has 6 heteroatoms. The van der Waals surface area contributed by atoms with Crippen molar-refractivity contribution in [2.24, 2.45) is 0 Å². The minimum Gasteiger partial charge on any atom is -0.497 e. The molecule has 1 heterocycles. The maximum absolute atomic E-state index is 9.00. The van der Waals surface area contributed by atoms with Gasteiger partial charge in [-0.1, -0.05) is 12.1 Å². The second-order valence-corrected chi connectivity index (χ2v) is 5.37. The lowest BCUT2D eigenvalue weighted by Crippen LogP contribution is -2.05. The van der Waals surface area contributed by atoms with Gasteiger partial charge in [-0.2, -0.15) is 5.26 Å². The van der Waals surface area contributed by atoms with Gasteiger partial charge in [-0.3, -0.25) is 0 Å². The van der Waals surface area contributed by atoms with Crippen molar-refractivity contribution in [3.8, 4) is 17.6 Å². The van der Waals surface area contributed by atoms with Gasteiger partial charge in [0.15, 0.2) is 5.75 Å². The Morgan fingerprint density at radius 3 is 2.81 bits per heavy atom. The molecule has 0 fully saturated rings. The highest BCUT2D eigenvalue weighted by atomic mass is 32.1. The first-order valence-corrected chi connectivity index (χ1v) is 7.24. The van der Waals surface area contributed by atoms with Gasteiger partial charge < -0.3 is 20.5 Å². The average molecular weight is 303 g/mol. The number of nitrogen functional groups attached to an aromatic ring is 1. The van der Waals surface area contributed by atoms with Crippen molar-refractivity contribution in [1.29, 1.82) is 5.26 Å². The highest BCUT2D eigenvalue weighted by Gasteiger charge is 2.16. The summed E-state index contributed by atoms with van der Waals surface area (Å²) in [6, 6.07) is 10.00. The smallest absolute Gasteiger partial charge is 0.177 e. The van der Waals surface area contributed by atoms with Gasteiger partial charge >= 0.3 is 0 Å². The summed E-state index contributed by atoms with van der Waals surface area (Å²) in [6.07, 6.45) is 0.833. The number of thiophene rings is 1. The van der Waals surface area contributed by atoms with Gasteiger partial charge in [0.05, 0.1) is 14.2 Å². The Morgan fingerprint density at radius 2 is 2.14 bits per heavy atom. The summed E-state index contributed by atoms with van der Waals surface area (Å²) >= 11 is 1.31. The zero-order chi connectivity index (χ0) is 15.2. The Hall–Kier alpha value is -2.39. The van der Waals surface area contributed by atoms with Crippen LogP contribution < -0.4 is 20.5 Å². The fourth-order valence-electron chi connectivity index (χ4n) is 1.98. The van der Waals surface area contributed by atoms with E-state index in [1.165, 1.54) is 16.9 Å². The predicted octanol–water partition coefficient (Wildman–Crippen LogP) is 2.87. The molecule has 2 rings (SSSR count). The lowest BCUT2D eigenvalue weighted by atomic mass is 10.1. The largest absolute Gasteiger partial charge is 0.497 e. The van der Waals surface area contributed by atoms with Gasteiger partial charge in [-0.15, -0.1) is 11.3 Å². The van der Waals surface area contributed by atoms with Crippen LogP contribution in [0.3, 0.4) is 0 Å². The van der Waals surface area contributed by atoms with Crippen molar-refractivity contribution in [3.63, 3.8) is 0 Å². The number of nitriles is 1. The van der Waals surface area contributed by atoms with Crippen LogP contribution in [0.15, 0.2) is 24.3 Å². The third-order valence-corrected chi connectivity index (χ3v) is 4.09. The van der Waals surface area contributed by atoms with Crippen LogP contribution >= 0.6 is 11.3 Å². The highest BCUT2D eigenvalue weighted by Crippen LogP contribution is 2.41. The van der Waals surface area contributed by atoms with Crippen LogP contribution in [0.4, 0.5) is 10.7 Å². The van der Waals surface area contributed by atoms with E-state index >= 15 is 0 Å². The SMILES string of the molecule is COc1cccc(CCNc2sc(C#N)c(N)c2OC)c1. The normalized spacial score (nSPS) is 9.95. The fourth-order valence-corrected chi connectivity index (χ4v) is 2.89. The van der Waals surface area contributed by atoms with Crippen molar-refractivity contribution in [2.75, 3.05) is 31.8 Å². The molecule has 0 amide bonds. The number of anilines is 2. The number of hydrogen-bond acceptors (Lipinski definition) is 6. The molecule has 0 atom stereocenters. The molecule has 3 N–H and O–H groups in total. The van der Waals surface area contributed by atoms with Gasteiger partial charge in [0, 0.05) is 6.54 Å². The third kappa shape index (κ3) is 3.38. The molecule has 1 aromatic heterocycles. The summed E-state index contributed by atoms with van der Waals surface area (Å²) in [4.78, 5) is 0.468. The van der Waals surface area contributed by atoms with Crippen molar-refractivity contribution in [3.05, 3.63) is 34.7 Å². The van der Waals surface area contributed by atoms with Crippen molar-refractivity contribution >= 4 is 22.0 Å². The molecule has 0 aliphatic carbocycles. The molecular weight excluding hydrogens is 286 g/mol. The van der Waals surface area contributed by atoms with Gasteiger partial charge in [-0.25, -0.2) is 0 Å². The quantitative estimate of drug-likeness (QED) is 0.857. The number of nitrogens with two attached hydrogens (primary N) is 1. The van der Waals surface area contributed by atoms with E-state index in [1.807, 2.05) is 24.3 Å². The average Bonchev–Trinajstić information content (AvgIpc) is 2.82. The maximum atomic E-state index is 9.00. The minimum absolute atomic E-state index is 0.397. The Labute approximate surface area is 127 Å². The summed E-state index contributed by atoms with van der Waals surface area (Å²) in [7, 11) is 3.20. The molecule has 2 aromatic rings. The number of benzene rings is 1. The van der Waals surface area contributed by atoms with Crippen LogP contribution in [0.5, 0.6) is 11.5 Å². The number of rotatable bonds is 6. The molecular formula is C15H17N3O2S. The van der Waals surface area contributed by atoms with E-state index < -0.39 is 0 Å². The molecule has 0 aliphatic rings. The van der Waals surface area contributed by atoms with Crippen molar-refractivity contribution < 1.29 is 9.47 Å². The molecule has 0 bridgehead atoms. The van der Waals surface area contributed by atoms with E-state index in [0.717, 1.165) is 17.2 Å². The lowest BCUT2D eigenvalue weighted by Gasteiger charge is -2.08. The summed E-state index contributed by atoms with van der Waals surface area (Å²) in [5.74, 6) is 1.39. The van der Waals surface area contributed by atoms with Crippen LogP contribution in [-0.4, -0.2) is 20.8 Å². The van der Waals surface area contributed by atoms with Crippen LogP contribution in [0.25, 0.3) is 0 Å². The molecule has 5 nitrogen and oxygen atoms in total. The highest BCUT2D eigenvalue weighted by molar-refractivity contribution is 7.17. The number of ether oxygens (including phenoxy) is 2. The van der Waals surface area contributed by atoms with E-state index in [4.69, 9.17) is 20.5 Å². The molecule has 0 saturated heterocycles. The Balaban J connectivity index is 2.02. The first-order valence-electron chi connectivity index (χ1n) is 6.42. The molecule has 0 spiro atoms. The Bertz CT molecular complexity index is 661. The van der Waals surface area contributed by atoms with E-state index in [0.29, 0.717) is 22.9 Å². The van der Waals surface area contributed by atoms with Crippen molar-refractivity contribution in [1.82, 2.24) is 0 Å². The van der Waals surface area contributed by atoms with E-state index in [1.54, 1.807) is 14.2 Å². The summed E-state index contributed by atoms with van der Waals surface area (Å²) in [5, 5.41) is 13.0. The number of hydrogen-bond donors (Lipinski definition) is 2. The van der Waals surface area contributed by atoms with Crippen LogP contribution in [0, 0.1) is 11.3 Å². The molecule has 1 aromatic carbocycles.